The molecule has 0 unspecified atom stereocenters. The van der Waals surface area contributed by atoms with Crippen molar-refractivity contribution in [3.05, 3.63) is 58.5 Å². The zero-order chi connectivity index (χ0) is 15.2. The molecule has 1 heterocycles. The van der Waals surface area contributed by atoms with Crippen LogP contribution in [0.1, 0.15) is 5.76 Å². The van der Waals surface area contributed by atoms with Gasteiger partial charge in [0.05, 0.1) is 24.4 Å². The summed E-state index contributed by atoms with van der Waals surface area (Å²) in [6, 6.07) is 7.55. The summed E-state index contributed by atoms with van der Waals surface area (Å²) in [5, 5.41) is 13.4. The molecule has 0 saturated heterocycles. The number of rotatable bonds is 5. The van der Waals surface area contributed by atoms with Gasteiger partial charge in [0.25, 0.3) is 5.69 Å². The van der Waals surface area contributed by atoms with Crippen LogP contribution < -0.4 is 10.1 Å². The molecule has 0 bridgehead atoms. The van der Waals surface area contributed by atoms with Gasteiger partial charge in [0.15, 0.2) is 0 Å². The first-order valence-corrected chi connectivity index (χ1v) is 5.95. The average Bonchev–Trinajstić information content (AvgIpc) is 2.98. The molecule has 7 nitrogen and oxygen atoms in total. The van der Waals surface area contributed by atoms with Crippen molar-refractivity contribution >= 4 is 23.4 Å². The lowest BCUT2D eigenvalue weighted by atomic mass is 10.2. The van der Waals surface area contributed by atoms with Gasteiger partial charge in [0, 0.05) is 6.08 Å². The molecule has 2 aromatic rings. The third-order valence-corrected chi connectivity index (χ3v) is 2.60. The first-order chi connectivity index (χ1) is 10.1. The van der Waals surface area contributed by atoms with E-state index in [-0.39, 0.29) is 11.4 Å². The van der Waals surface area contributed by atoms with E-state index in [0.717, 1.165) is 0 Å². The molecule has 0 aliphatic heterocycles. The SMILES string of the molecule is COc1ccc(NC(=O)C=Cc2ccco2)c([N+](=O)[O-])c1. The van der Waals surface area contributed by atoms with Crippen molar-refractivity contribution in [3.8, 4) is 5.75 Å². The summed E-state index contributed by atoms with van der Waals surface area (Å²) in [5.41, 5.74) is -0.149. The number of carbonyl (C=O) groups excluding carboxylic acids is 1. The first kappa shape index (κ1) is 14.3. The number of methoxy groups -OCH3 is 1. The van der Waals surface area contributed by atoms with E-state index >= 15 is 0 Å². The molecule has 1 aromatic carbocycles. The Kier molecular flexibility index (Phi) is 4.35. The standard InChI is InChI=1S/C14H12N2O5/c1-20-11-4-6-12(13(9-11)16(18)19)15-14(17)7-5-10-3-2-8-21-10/h2-9H,1H3,(H,15,17). The maximum absolute atomic E-state index is 11.7. The topological polar surface area (TPSA) is 94.6 Å². The molecule has 108 valence electrons. The molecule has 1 aromatic heterocycles. The fraction of sp³-hybridized carbons (Fsp3) is 0.0714. The van der Waals surface area contributed by atoms with Crippen LogP contribution in [0.25, 0.3) is 6.08 Å². The molecule has 0 aliphatic carbocycles. The molecule has 7 heteroatoms. The predicted molar refractivity (Wildman–Crippen MR) is 76.0 cm³/mol. The Morgan fingerprint density at radius 3 is 2.86 bits per heavy atom. The normalized spacial score (nSPS) is 10.5. The molecule has 0 radical (unpaired) electrons. The van der Waals surface area contributed by atoms with Crippen LogP contribution in [-0.4, -0.2) is 17.9 Å². The number of carbonyl (C=O) groups is 1. The molecule has 1 N–H and O–H groups in total. The van der Waals surface area contributed by atoms with Crippen molar-refractivity contribution in [2.75, 3.05) is 12.4 Å². The number of nitro groups is 1. The number of nitro benzene ring substituents is 1. The van der Waals surface area contributed by atoms with E-state index in [1.807, 2.05) is 0 Å². The van der Waals surface area contributed by atoms with Gasteiger partial charge in [0.1, 0.15) is 17.2 Å². The Bertz CT molecular complexity index is 677. The second-order valence-corrected chi connectivity index (χ2v) is 3.98. The molecule has 0 atom stereocenters. The lowest BCUT2D eigenvalue weighted by Gasteiger charge is -2.05. The van der Waals surface area contributed by atoms with Crippen LogP contribution in [0.15, 0.2) is 47.1 Å². The fourth-order valence-electron chi connectivity index (χ4n) is 1.61. The van der Waals surface area contributed by atoms with E-state index in [4.69, 9.17) is 9.15 Å². The highest BCUT2D eigenvalue weighted by Gasteiger charge is 2.16. The zero-order valence-electron chi connectivity index (χ0n) is 11.1. The van der Waals surface area contributed by atoms with Crippen molar-refractivity contribution in [1.82, 2.24) is 0 Å². The Morgan fingerprint density at radius 1 is 1.43 bits per heavy atom. The van der Waals surface area contributed by atoms with Gasteiger partial charge in [-0.25, -0.2) is 0 Å². The van der Waals surface area contributed by atoms with Crippen molar-refractivity contribution in [3.63, 3.8) is 0 Å². The molecular weight excluding hydrogens is 276 g/mol. The number of benzene rings is 1. The summed E-state index contributed by atoms with van der Waals surface area (Å²) in [6.07, 6.45) is 4.17. The second kappa shape index (κ2) is 6.38. The molecule has 0 saturated carbocycles. The number of furan rings is 1. The monoisotopic (exact) mass is 288 g/mol. The van der Waals surface area contributed by atoms with Crippen LogP contribution in [0, 0.1) is 10.1 Å². The van der Waals surface area contributed by atoms with Crippen LogP contribution in [-0.2, 0) is 4.79 Å². The van der Waals surface area contributed by atoms with Gasteiger partial charge in [-0.1, -0.05) is 0 Å². The maximum atomic E-state index is 11.7. The molecule has 1 amide bonds. The van der Waals surface area contributed by atoms with E-state index in [0.29, 0.717) is 11.5 Å². The van der Waals surface area contributed by atoms with E-state index in [2.05, 4.69) is 5.32 Å². The largest absolute Gasteiger partial charge is 0.496 e. The Hall–Kier alpha value is -3.09. The highest BCUT2D eigenvalue weighted by Crippen LogP contribution is 2.28. The smallest absolute Gasteiger partial charge is 0.296 e. The summed E-state index contributed by atoms with van der Waals surface area (Å²) in [4.78, 5) is 22.1. The van der Waals surface area contributed by atoms with Gasteiger partial charge in [-0.3, -0.25) is 14.9 Å². The lowest BCUT2D eigenvalue weighted by Crippen LogP contribution is -2.09. The molecule has 21 heavy (non-hydrogen) atoms. The van der Waals surface area contributed by atoms with Gasteiger partial charge in [0.2, 0.25) is 5.91 Å². The summed E-state index contributed by atoms with van der Waals surface area (Å²) in [5.74, 6) is 0.347. The Morgan fingerprint density at radius 2 is 2.24 bits per heavy atom. The quantitative estimate of drug-likeness (QED) is 0.518. The molecule has 0 aliphatic rings. The van der Waals surface area contributed by atoms with Gasteiger partial charge >= 0.3 is 0 Å². The Labute approximate surface area is 120 Å². The number of anilines is 1. The van der Waals surface area contributed by atoms with E-state index in [1.54, 1.807) is 12.1 Å². The van der Waals surface area contributed by atoms with Crippen LogP contribution in [0.2, 0.25) is 0 Å². The van der Waals surface area contributed by atoms with Crippen molar-refractivity contribution in [1.29, 1.82) is 0 Å². The average molecular weight is 288 g/mol. The molecule has 2 rings (SSSR count). The van der Waals surface area contributed by atoms with E-state index < -0.39 is 10.8 Å². The number of nitrogens with zero attached hydrogens (tertiary/aromatic N) is 1. The van der Waals surface area contributed by atoms with Crippen molar-refractivity contribution in [2.24, 2.45) is 0 Å². The fourth-order valence-corrected chi connectivity index (χ4v) is 1.61. The summed E-state index contributed by atoms with van der Waals surface area (Å²) in [7, 11) is 1.41. The number of ether oxygens (including phenoxy) is 1. The summed E-state index contributed by atoms with van der Waals surface area (Å²) < 4.78 is 9.95. The second-order valence-electron chi connectivity index (χ2n) is 3.98. The minimum absolute atomic E-state index is 0.0925. The van der Waals surface area contributed by atoms with Gasteiger partial charge in [-0.15, -0.1) is 0 Å². The molecule has 0 fully saturated rings. The van der Waals surface area contributed by atoms with Gasteiger partial charge in [-0.2, -0.15) is 0 Å². The highest BCUT2D eigenvalue weighted by atomic mass is 16.6. The highest BCUT2D eigenvalue weighted by molar-refractivity contribution is 6.03. The van der Waals surface area contributed by atoms with Crippen LogP contribution >= 0.6 is 0 Å². The van der Waals surface area contributed by atoms with E-state index in [9.17, 15) is 14.9 Å². The minimum Gasteiger partial charge on any atom is -0.496 e. The lowest BCUT2D eigenvalue weighted by molar-refractivity contribution is -0.384. The Balaban J connectivity index is 2.15. The minimum atomic E-state index is -0.589. The first-order valence-electron chi connectivity index (χ1n) is 5.95. The van der Waals surface area contributed by atoms with Crippen LogP contribution in [0.5, 0.6) is 5.75 Å². The summed E-state index contributed by atoms with van der Waals surface area (Å²) in [6.45, 7) is 0. The maximum Gasteiger partial charge on any atom is 0.296 e. The van der Waals surface area contributed by atoms with E-state index in [1.165, 1.54) is 43.7 Å². The third-order valence-electron chi connectivity index (χ3n) is 2.60. The number of amides is 1. The van der Waals surface area contributed by atoms with Crippen LogP contribution in [0.4, 0.5) is 11.4 Å². The predicted octanol–water partition coefficient (Wildman–Crippen LogP) is 2.85. The molecular formula is C14H12N2O5. The molecule has 0 spiro atoms. The van der Waals surface area contributed by atoms with Crippen molar-refractivity contribution in [2.45, 2.75) is 0 Å². The van der Waals surface area contributed by atoms with Gasteiger partial charge in [-0.05, 0) is 30.3 Å². The van der Waals surface area contributed by atoms with Crippen LogP contribution in [0.3, 0.4) is 0 Å². The van der Waals surface area contributed by atoms with Crippen molar-refractivity contribution < 1.29 is 18.9 Å². The number of nitrogens with one attached hydrogen (secondary N) is 1. The number of hydrogen-bond donors (Lipinski definition) is 1. The number of hydrogen-bond acceptors (Lipinski definition) is 5. The third kappa shape index (κ3) is 3.69. The van der Waals surface area contributed by atoms with Gasteiger partial charge < -0.3 is 14.5 Å². The summed E-state index contributed by atoms with van der Waals surface area (Å²) >= 11 is 0. The zero-order valence-corrected chi connectivity index (χ0v) is 11.1.